The Hall–Kier alpha value is -0.650. The zero-order chi connectivity index (χ0) is 14.4. The van der Waals surface area contributed by atoms with E-state index < -0.39 is 17.7 Å². The molecule has 2 nitrogen and oxygen atoms in total. The lowest BCUT2D eigenvalue weighted by molar-refractivity contribution is 0.102. The van der Waals surface area contributed by atoms with E-state index >= 15 is 0 Å². The number of nitrogens with zero attached hydrogens (tertiary/aromatic N) is 1. The lowest BCUT2D eigenvalue weighted by Gasteiger charge is -2.28. The molecule has 5 heteroatoms. The summed E-state index contributed by atoms with van der Waals surface area (Å²) in [6.07, 6.45) is 1.80. The van der Waals surface area contributed by atoms with Crippen molar-refractivity contribution in [3.05, 3.63) is 35.4 Å². The Morgan fingerprint density at radius 3 is 2.37 bits per heavy atom. The molecule has 0 amide bonds. The molecule has 0 spiro atoms. The van der Waals surface area contributed by atoms with Crippen LogP contribution < -0.4 is 0 Å². The Morgan fingerprint density at radius 1 is 1.32 bits per heavy atom. The topological polar surface area (TPSA) is 23.5 Å². The monoisotopic (exact) mass is 289 g/mol. The Labute approximate surface area is 117 Å². The van der Waals surface area contributed by atoms with Crippen molar-refractivity contribution >= 4 is 11.8 Å². The van der Waals surface area contributed by atoms with Gasteiger partial charge in [-0.05, 0) is 31.9 Å². The number of likely N-dealkylation sites (N-methyl/N-ethyl adjacent to an activating group) is 1. The number of aliphatic hydroxyl groups is 1. The van der Waals surface area contributed by atoms with E-state index in [1.165, 1.54) is 18.2 Å². The quantitative estimate of drug-likeness (QED) is 0.834. The average Bonchev–Trinajstić information content (AvgIpc) is 2.35. The molecule has 2 atom stereocenters. The molecule has 0 saturated carbocycles. The van der Waals surface area contributed by atoms with Gasteiger partial charge in [0.25, 0.3) is 0 Å². The molecule has 2 unspecified atom stereocenters. The Balaban J connectivity index is 2.76. The third-order valence-electron chi connectivity index (χ3n) is 3.25. The van der Waals surface area contributed by atoms with Crippen LogP contribution in [0.2, 0.25) is 0 Å². The highest BCUT2D eigenvalue weighted by atomic mass is 32.2. The summed E-state index contributed by atoms with van der Waals surface area (Å²) in [6.45, 7) is 2.28. The summed E-state index contributed by atoms with van der Waals surface area (Å²) in [5, 5.41) is 10.0. The first-order chi connectivity index (χ1) is 9.01. The van der Waals surface area contributed by atoms with E-state index in [0.717, 1.165) is 12.2 Å². The Morgan fingerprint density at radius 2 is 1.89 bits per heavy atom. The molecule has 0 aliphatic rings. The van der Waals surface area contributed by atoms with Gasteiger partial charge in [0.15, 0.2) is 0 Å². The van der Waals surface area contributed by atoms with Gasteiger partial charge in [0, 0.05) is 18.3 Å². The van der Waals surface area contributed by atoms with Crippen molar-refractivity contribution < 1.29 is 13.9 Å². The molecule has 0 saturated heterocycles. The van der Waals surface area contributed by atoms with Crippen LogP contribution in [0.4, 0.5) is 8.78 Å². The van der Waals surface area contributed by atoms with Crippen LogP contribution in [-0.4, -0.2) is 41.6 Å². The lowest BCUT2D eigenvalue weighted by atomic mass is 10.1. The van der Waals surface area contributed by atoms with Crippen LogP contribution in [0, 0.1) is 11.6 Å². The van der Waals surface area contributed by atoms with Crippen molar-refractivity contribution in [3.63, 3.8) is 0 Å². The van der Waals surface area contributed by atoms with E-state index in [2.05, 4.69) is 6.92 Å². The van der Waals surface area contributed by atoms with Gasteiger partial charge in [-0.3, -0.25) is 4.90 Å². The van der Waals surface area contributed by atoms with Crippen LogP contribution in [0.1, 0.15) is 25.0 Å². The number of thioether (sulfide) groups is 1. The normalized spacial score (nSPS) is 14.7. The molecule has 1 aromatic carbocycles. The highest BCUT2D eigenvalue weighted by Gasteiger charge is 2.21. The van der Waals surface area contributed by atoms with Crippen molar-refractivity contribution in [3.8, 4) is 0 Å². The molecule has 0 bridgehead atoms. The fourth-order valence-corrected chi connectivity index (χ4v) is 2.97. The molecule has 1 aromatic rings. The van der Waals surface area contributed by atoms with Crippen molar-refractivity contribution in [1.29, 1.82) is 0 Å². The van der Waals surface area contributed by atoms with Gasteiger partial charge < -0.3 is 5.11 Å². The second-order valence-electron chi connectivity index (χ2n) is 4.61. The SMILES string of the molecule is CCC(CSC)N(C)CC(O)c1c(F)cccc1F. The maximum Gasteiger partial charge on any atom is 0.131 e. The summed E-state index contributed by atoms with van der Waals surface area (Å²) in [5.41, 5.74) is -0.242. The number of hydrogen-bond acceptors (Lipinski definition) is 3. The standard InChI is InChI=1S/C14H21F2NOS/c1-4-10(9-19-3)17(2)8-13(18)14-11(15)6-5-7-12(14)16/h5-7,10,13,18H,4,8-9H2,1-3H3. The molecule has 108 valence electrons. The smallest absolute Gasteiger partial charge is 0.131 e. The molecule has 0 aromatic heterocycles. The van der Waals surface area contributed by atoms with Crippen LogP contribution in [0.5, 0.6) is 0 Å². The number of halogens is 2. The first kappa shape index (κ1) is 16.4. The van der Waals surface area contributed by atoms with Gasteiger partial charge in [0.2, 0.25) is 0 Å². The number of hydrogen-bond donors (Lipinski definition) is 1. The largest absolute Gasteiger partial charge is 0.387 e. The fraction of sp³-hybridized carbons (Fsp3) is 0.571. The molecule has 1 N–H and O–H groups in total. The van der Waals surface area contributed by atoms with Crippen LogP contribution in [0.3, 0.4) is 0 Å². The van der Waals surface area contributed by atoms with Crippen LogP contribution >= 0.6 is 11.8 Å². The number of rotatable bonds is 7. The molecule has 0 fully saturated rings. The number of benzene rings is 1. The highest BCUT2D eigenvalue weighted by molar-refractivity contribution is 7.98. The second kappa shape index (κ2) is 7.82. The van der Waals surface area contributed by atoms with Crippen molar-refractivity contribution in [2.75, 3.05) is 25.6 Å². The van der Waals surface area contributed by atoms with Crippen molar-refractivity contribution in [1.82, 2.24) is 4.90 Å². The maximum absolute atomic E-state index is 13.6. The van der Waals surface area contributed by atoms with E-state index in [-0.39, 0.29) is 12.1 Å². The summed E-state index contributed by atoms with van der Waals surface area (Å²) < 4.78 is 27.1. The zero-order valence-electron chi connectivity index (χ0n) is 11.6. The fourth-order valence-electron chi connectivity index (χ4n) is 2.09. The van der Waals surface area contributed by atoms with Gasteiger partial charge >= 0.3 is 0 Å². The zero-order valence-corrected chi connectivity index (χ0v) is 12.4. The highest BCUT2D eigenvalue weighted by Crippen LogP contribution is 2.22. The predicted molar refractivity (Wildman–Crippen MR) is 76.4 cm³/mol. The van der Waals surface area contributed by atoms with E-state index in [0.29, 0.717) is 6.04 Å². The van der Waals surface area contributed by atoms with Crippen molar-refractivity contribution in [2.24, 2.45) is 0 Å². The molecular formula is C14H21F2NOS. The Kier molecular flexibility index (Phi) is 6.75. The first-order valence-electron chi connectivity index (χ1n) is 6.32. The van der Waals surface area contributed by atoms with Gasteiger partial charge in [-0.2, -0.15) is 11.8 Å². The summed E-state index contributed by atoms with van der Waals surface area (Å²) in [5.74, 6) is -0.461. The molecule has 0 aliphatic heterocycles. The maximum atomic E-state index is 13.6. The lowest BCUT2D eigenvalue weighted by Crippen LogP contribution is -2.36. The first-order valence-corrected chi connectivity index (χ1v) is 7.71. The summed E-state index contributed by atoms with van der Waals surface area (Å²) in [6, 6.07) is 3.92. The molecule has 0 heterocycles. The van der Waals surface area contributed by atoms with Crippen LogP contribution in [-0.2, 0) is 0 Å². The molecule has 0 aliphatic carbocycles. The third-order valence-corrected chi connectivity index (χ3v) is 3.97. The van der Waals surface area contributed by atoms with Crippen LogP contribution in [0.15, 0.2) is 18.2 Å². The summed E-state index contributed by atoms with van der Waals surface area (Å²) in [7, 11) is 1.87. The van der Waals surface area contributed by atoms with E-state index in [1.807, 2.05) is 18.2 Å². The molecule has 19 heavy (non-hydrogen) atoms. The van der Waals surface area contributed by atoms with Gasteiger partial charge in [-0.15, -0.1) is 0 Å². The minimum absolute atomic E-state index is 0.219. The molecule has 0 radical (unpaired) electrons. The van der Waals surface area contributed by atoms with Gasteiger partial charge in [-0.1, -0.05) is 13.0 Å². The minimum Gasteiger partial charge on any atom is -0.387 e. The van der Waals surface area contributed by atoms with Gasteiger partial charge in [0.05, 0.1) is 11.7 Å². The summed E-state index contributed by atoms with van der Waals surface area (Å²) >= 11 is 1.72. The van der Waals surface area contributed by atoms with Crippen LogP contribution in [0.25, 0.3) is 0 Å². The van der Waals surface area contributed by atoms with E-state index in [1.54, 1.807) is 11.8 Å². The van der Waals surface area contributed by atoms with E-state index in [4.69, 9.17) is 0 Å². The number of aliphatic hydroxyl groups excluding tert-OH is 1. The van der Waals surface area contributed by atoms with Gasteiger partial charge in [0.1, 0.15) is 11.6 Å². The van der Waals surface area contributed by atoms with Crippen molar-refractivity contribution in [2.45, 2.75) is 25.5 Å². The minimum atomic E-state index is -1.15. The average molecular weight is 289 g/mol. The predicted octanol–water partition coefficient (Wildman–Crippen LogP) is 3.07. The van der Waals surface area contributed by atoms with Gasteiger partial charge in [-0.25, -0.2) is 8.78 Å². The second-order valence-corrected chi connectivity index (χ2v) is 5.52. The molecular weight excluding hydrogens is 268 g/mol. The third kappa shape index (κ3) is 4.44. The Bertz CT molecular complexity index is 383. The van der Waals surface area contributed by atoms with E-state index in [9.17, 15) is 13.9 Å². The molecule has 1 rings (SSSR count). The summed E-state index contributed by atoms with van der Waals surface area (Å²) in [4.78, 5) is 1.95.